The van der Waals surface area contributed by atoms with Crippen LogP contribution in [0.4, 0.5) is 0 Å². The van der Waals surface area contributed by atoms with Crippen LogP contribution in [0.1, 0.15) is 39.5 Å². The number of carboxylic acid groups (broad SMARTS) is 1. The number of ether oxygens (including phenoxy) is 2. The van der Waals surface area contributed by atoms with Crippen LogP contribution in [0.2, 0.25) is 0 Å². The number of nitrogens with zero attached hydrogens (tertiary/aromatic N) is 3. The summed E-state index contributed by atoms with van der Waals surface area (Å²) < 4.78 is 11.8. The number of aromatic nitrogens is 2. The predicted molar refractivity (Wildman–Crippen MR) is 92.6 cm³/mol. The Morgan fingerprint density at radius 3 is 2.63 bits per heavy atom. The molecule has 1 N–H and O–H groups in total. The minimum Gasteiger partial charge on any atom is -0.484 e. The Balaban J connectivity index is 2.07. The van der Waals surface area contributed by atoms with Crippen molar-refractivity contribution >= 4 is 17.8 Å². The first kappa shape index (κ1) is 18.4. The zero-order valence-corrected chi connectivity index (χ0v) is 14.9. The highest BCUT2D eigenvalue weighted by atomic mass is 16.5. The van der Waals surface area contributed by atoms with Crippen LogP contribution in [-0.4, -0.2) is 57.8 Å². The maximum absolute atomic E-state index is 12.7. The first-order chi connectivity index (χ1) is 12.9. The van der Waals surface area contributed by atoms with Gasteiger partial charge in [0.15, 0.2) is 17.5 Å². The van der Waals surface area contributed by atoms with Crippen LogP contribution in [0.25, 0.3) is 0 Å². The van der Waals surface area contributed by atoms with Crippen molar-refractivity contribution in [2.45, 2.75) is 19.6 Å². The molecule has 0 radical (unpaired) electrons. The predicted octanol–water partition coefficient (Wildman–Crippen LogP) is 1.35. The van der Waals surface area contributed by atoms with E-state index in [9.17, 15) is 19.5 Å². The molecule has 0 spiro atoms. The fourth-order valence-corrected chi connectivity index (χ4v) is 2.82. The maximum atomic E-state index is 12.7. The molecule has 9 nitrogen and oxygen atoms in total. The molecule has 0 saturated heterocycles. The number of esters is 1. The van der Waals surface area contributed by atoms with E-state index in [4.69, 9.17) is 9.47 Å². The van der Waals surface area contributed by atoms with Crippen molar-refractivity contribution in [2.24, 2.45) is 0 Å². The molecular weight excluding hydrogens is 354 g/mol. The summed E-state index contributed by atoms with van der Waals surface area (Å²) in [5, 5.41) is 13.5. The summed E-state index contributed by atoms with van der Waals surface area (Å²) in [5.41, 5.74) is 0.534. The third-order valence-electron chi connectivity index (χ3n) is 4.14. The average Bonchev–Trinajstić information content (AvgIpc) is 3.03. The molecule has 3 rings (SSSR count). The zero-order chi connectivity index (χ0) is 19.6. The van der Waals surface area contributed by atoms with E-state index >= 15 is 0 Å². The second-order valence-corrected chi connectivity index (χ2v) is 6.01. The summed E-state index contributed by atoms with van der Waals surface area (Å²) in [7, 11) is 1.49. The number of rotatable bonds is 6. The van der Waals surface area contributed by atoms with Gasteiger partial charge in [0.1, 0.15) is 6.61 Å². The molecule has 0 fully saturated rings. The molecule has 9 heteroatoms. The number of hydrogen-bond acceptors (Lipinski definition) is 6. The number of carbonyl (C=O) groups is 3. The second-order valence-electron chi connectivity index (χ2n) is 6.01. The molecule has 1 atom stereocenters. The lowest BCUT2D eigenvalue weighted by atomic mass is 10.1. The van der Waals surface area contributed by atoms with E-state index in [-0.39, 0.29) is 36.9 Å². The molecule has 27 heavy (non-hydrogen) atoms. The van der Waals surface area contributed by atoms with Gasteiger partial charge in [0.05, 0.1) is 13.2 Å². The summed E-state index contributed by atoms with van der Waals surface area (Å²) in [6.07, 6.45) is 0. The van der Waals surface area contributed by atoms with Crippen LogP contribution in [0, 0.1) is 0 Å². The van der Waals surface area contributed by atoms with Gasteiger partial charge < -0.3 is 19.5 Å². The highest BCUT2D eigenvalue weighted by molar-refractivity contribution is 6.01. The van der Waals surface area contributed by atoms with Gasteiger partial charge >= 0.3 is 11.9 Å². The Hall–Kier alpha value is -3.36. The molecule has 1 unspecified atom stereocenters. The van der Waals surface area contributed by atoms with E-state index in [0.29, 0.717) is 0 Å². The molecule has 142 valence electrons. The number of likely N-dealkylation sites (N-methyl/N-ethyl adjacent to an activating group) is 1. The summed E-state index contributed by atoms with van der Waals surface area (Å²) in [4.78, 5) is 37.8. The molecular formula is C18H19N3O6. The van der Waals surface area contributed by atoms with Gasteiger partial charge in [0, 0.05) is 7.05 Å². The number of fused-ring (bicyclic) bond motifs is 1. The maximum Gasteiger partial charge on any atom is 0.362 e. The molecule has 2 aromatic rings. The third kappa shape index (κ3) is 3.48. The smallest absolute Gasteiger partial charge is 0.362 e. The lowest BCUT2D eigenvalue weighted by molar-refractivity contribution is -0.141. The van der Waals surface area contributed by atoms with Gasteiger partial charge in [-0.2, -0.15) is 5.10 Å². The van der Waals surface area contributed by atoms with E-state index in [1.165, 1.54) is 11.9 Å². The summed E-state index contributed by atoms with van der Waals surface area (Å²) in [6.45, 7) is 1.76. The lowest BCUT2D eigenvalue weighted by Gasteiger charge is -2.28. The first-order valence-corrected chi connectivity index (χ1v) is 8.38. The van der Waals surface area contributed by atoms with Crippen LogP contribution in [-0.2, 0) is 16.1 Å². The molecule has 1 amide bonds. The number of amides is 1. The summed E-state index contributed by atoms with van der Waals surface area (Å²) in [6, 6.07) is 8.05. The molecule has 1 aromatic heterocycles. The molecule has 0 aliphatic carbocycles. The Labute approximate surface area is 155 Å². The highest BCUT2D eigenvalue weighted by Gasteiger charge is 2.40. The lowest BCUT2D eigenvalue weighted by Crippen LogP contribution is -2.43. The minimum atomic E-state index is -1.16. The van der Waals surface area contributed by atoms with Crippen LogP contribution >= 0.6 is 0 Å². The van der Waals surface area contributed by atoms with Crippen molar-refractivity contribution in [1.82, 2.24) is 14.7 Å². The molecule has 0 bridgehead atoms. The fraction of sp³-hybridized carbons (Fsp3) is 0.333. The van der Waals surface area contributed by atoms with Gasteiger partial charge in [-0.3, -0.25) is 4.79 Å². The topological polar surface area (TPSA) is 111 Å². The van der Waals surface area contributed by atoms with Gasteiger partial charge in [-0.05, 0) is 12.5 Å². The summed E-state index contributed by atoms with van der Waals surface area (Å²) >= 11 is 0. The Morgan fingerprint density at radius 2 is 2.00 bits per heavy atom. The second kappa shape index (κ2) is 7.48. The number of aliphatic carboxylic acids is 1. The van der Waals surface area contributed by atoms with E-state index in [1.807, 2.05) is 30.3 Å². The largest absolute Gasteiger partial charge is 0.484 e. The molecule has 2 heterocycles. The average molecular weight is 373 g/mol. The van der Waals surface area contributed by atoms with E-state index < -0.39 is 23.9 Å². The standard InChI is InChI=1S/C18H19N3O6/c1-3-26-18(25)13-15(27-10-11-7-5-4-6-8-11)14-16(22)20(2)9-12(17(23)24)21(14)19-13/h4-8,12H,3,9-10H2,1-2H3,(H,23,24). The Kier molecular flexibility index (Phi) is 5.11. The van der Waals surface area contributed by atoms with Gasteiger partial charge in [-0.15, -0.1) is 0 Å². The van der Waals surface area contributed by atoms with Gasteiger partial charge in [-0.1, -0.05) is 30.3 Å². The van der Waals surface area contributed by atoms with E-state index in [1.54, 1.807) is 6.92 Å². The molecule has 1 aliphatic heterocycles. The van der Waals surface area contributed by atoms with Gasteiger partial charge in [-0.25, -0.2) is 14.3 Å². The number of carbonyl (C=O) groups excluding carboxylic acids is 2. The van der Waals surface area contributed by atoms with E-state index in [0.717, 1.165) is 10.2 Å². The monoisotopic (exact) mass is 373 g/mol. The quantitative estimate of drug-likeness (QED) is 0.761. The van der Waals surface area contributed by atoms with Crippen LogP contribution in [0.3, 0.4) is 0 Å². The molecule has 1 aliphatic rings. The SMILES string of the molecule is CCOC(=O)c1nn2c(c1OCc1ccccc1)C(=O)N(C)CC2C(=O)O. The van der Waals surface area contributed by atoms with Gasteiger partial charge in [0.2, 0.25) is 5.69 Å². The van der Waals surface area contributed by atoms with Crippen molar-refractivity contribution < 1.29 is 29.0 Å². The number of hydrogen-bond donors (Lipinski definition) is 1. The third-order valence-corrected chi connectivity index (χ3v) is 4.14. The first-order valence-electron chi connectivity index (χ1n) is 8.38. The Morgan fingerprint density at radius 1 is 1.30 bits per heavy atom. The zero-order valence-electron chi connectivity index (χ0n) is 14.9. The van der Waals surface area contributed by atoms with Crippen molar-refractivity contribution in [1.29, 1.82) is 0 Å². The number of benzene rings is 1. The molecule has 0 saturated carbocycles. The van der Waals surface area contributed by atoms with Crippen LogP contribution in [0.5, 0.6) is 5.75 Å². The Bertz CT molecular complexity index is 877. The highest BCUT2D eigenvalue weighted by Crippen LogP contribution is 2.32. The summed E-state index contributed by atoms with van der Waals surface area (Å²) in [5.74, 6) is -2.48. The van der Waals surface area contributed by atoms with E-state index in [2.05, 4.69) is 5.10 Å². The van der Waals surface area contributed by atoms with Crippen molar-refractivity contribution in [3.05, 3.63) is 47.3 Å². The van der Waals surface area contributed by atoms with Crippen LogP contribution < -0.4 is 4.74 Å². The number of carboxylic acids is 1. The van der Waals surface area contributed by atoms with Crippen molar-refractivity contribution in [2.75, 3.05) is 20.2 Å². The van der Waals surface area contributed by atoms with Crippen molar-refractivity contribution in [3.8, 4) is 5.75 Å². The molecule has 1 aromatic carbocycles. The van der Waals surface area contributed by atoms with Crippen LogP contribution in [0.15, 0.2) is 30.3 Å². The van der Waals surface area contributed by atoms with Crippen molar-refractivity contribution in [3.63, 3.8) is 0 Å². The minimum absolute atomic E-state index is 0.0662. The van der Waals surface area contributed by atoms with Gasteiger partial charge in [0.25, 0.3) is 5.91 Å². The normalized spacial score (nSPS) is 16.0. The fourth-order valence-electron chi connectivity index (χ4n) is 2.82.